The highest BCUT2D eigenvalue weighted by Crippen LogP contribution is 2.39. The SMILES string of the molecule is CCc1noc(CN2C(=O)C3(CCNCC3)Nc3ccccc32)n1.Cl. The van der Waals surface area contributed by atoms with Crippen LogP contribution in [0.3, 0.4) is 0 Å². The fourth-order valence-electron chi connectivity index (χ4n) is 3.48. The summed E-state index contributed by atoms with van der Waals surface area (Å²) >= 11 is 0. The quantitative estimate of drug-likeness (QED) is 0.869. The van der Waals surface area contributed by atoms with Gasteiger partial charge in [0.2, 0.25) is 5.89 Å². The summed E-state index contributed by atoms with van der Waals surface area (Å²) in [4.78, 5) is 19.4. The zero-order chi connectivity index (χ0) is 16.6. The summed E-state index contributed by atoms with van der Waals surface area (Å²) in [5.41, 5.74) is 1.30. The number of hydrogen-bond donors (Lipinski definition) is 2. The van der Waals surface area contributed by atoms with Gasteiger partial charge in [-0.05, 0) is 38.1 Å². The third kappa shape index (κ3) is 3.09. The third-order valence-corrected chi connectivity index (χ3v) is 4.80. The van der Waals surface area contributed by atoms with Crippen molar-refractivity contribution >= 4 is 29.7 Å². The Kier molecular flexibility index (Phi) is 4.96. The van der Waals surface area contributed by atoms with E-state index in [2.05, 4.69) is 20.8 Å². The summed E-state index contributed by atoms with van der Waals surface area (Å²) in [6, 6.07) is 7.89. The standard InChI is InChI=1S/C17H21N5O2.ClH/c1-2-14-19-15(24-21-14)11-22-13-6-4-3-5-12(13)20-17(16(22)23)7-9-18-10-8-17;/h3-6,18,20H,2,7-11H2,1H3;1H. The van der Waals surface area contributed by atoms with Gasteiger partial charge in [-0.2, -0.15) is 4.98 Å². The molecule has 8 heteroatoms. The highest BCUT2D eigenvalue weighted by molar-refractivity contribution is 6.07. The molecular formula is C17H22ClN5O2. The third-order valence-electron chi connectivity index (χ3n) is 4.80. The number of benzene rings is 1. The Morgan fingerprint density at radius 1 is 1.28 bits per heavy atom. The Labute approximate surface area is 152 Å². The average Bonchev–Trinajstić information content (AvgIpc) is 3.07. The molecule has 134 valence electrons. The largest absolute Gasteiger partial charge is 0.369 e. The zero-order valence-corrected chi connectivity index (χ0v) is 14.9. The highest BCUT2D eigenvalue weighted by atomic mass is 35.5. The number of para-hydroxylation sites is 2. The van der Waals surface area contributed by atoms with E-state index >= 15 is 0 Å². The van der Waals surface area contributed by atoms with Crippen LogP contribution < -0.4 is 15.5 Å². The van der Waals surface area contributed by atoms with Crippen molar-refractivity contribution in [1.29, 1.82) is 0 Å². The molecule has 25 heavy (non-hydrogen) atoms. The molecule has 3 heterocycles. The molecule has 0 saturated carbocycles. The molecule has 0 unspecified atom stereocenters. The van der Waals surface area contributed by atoms with Crippen molar-refractivity contribution in [2.24, 2.45) is 0 Å². The van der Waals surface area contributed by atoms with Gasteiger partial charge in [0.25, 0.3) is 5.91 Å². The molecular weight excluding hydrogens is 342 g/mol. The fourth-order valence-corrected chi connectivity index (χ4v) is 3.48. The van der Waals surface area contributed by atoms with E-state index < -0.39 is 5.54 Å². The van der Waals surface area contributed by atoms with Crippen molar-refractivity contribution in [3.8, 4) is 0 Å². The molecule has 0 radical (unpaired) electrons. The number of nitrogens with zero attached hydrogens (tertiary/aromatic N) is 3. The van der Waals surface area contributed by atoms with Gasteiger partial charge in [-0.3, -0.25) is 9.69 Å². The van der Waals surface area contributed by atoms with Gasteiger partial charge in [0.15, 0.2) is 5.82 Å². The molecule has 1 fully saturated rings. The van der Waals surface area contributed by atoms with Crippen LogP contribution in [0.2, 0.25) is 0 Å². The molecule has 4 rings (SSSR count). The summed E-state index contributed by atoms with van der Waals surface area (Å²) in [7, 11) is 0. The number of aryl methyl sites for hydroxylation is 1. The van der Waals surface area contributed by atoms with Crippen molar-refractivity contribution in [3.05, 3.63) is 36.0 Å². The van der Waals surface area contributed by atoms with E-state index in [0.717, 1.165) is 37.3 Å². The minimum Gasteiger partial charge on any atom is -0.369 e. The molecule has 2 N–H and O–H groups in total. The van der Waals surface area contributed by atoms with Gasteiger partial charge in [0.1, 0.15) is 12.1 Å². The Bertz CT molecular complexity index is 757. The number of hydrogen-bond acceptors (Lipinski definition) is 6. The van der Waals surface area contributed by atoms with Crippen LogP contribution in [0.25, 0.3) is 0 Å². The lowest BCUT2D eigenvalue weighted by Gasteiger charge is -2.45. The van der Waals surface area contributed by atoms with Crippen LogP contribution in [0.4, 0.5) is 11.4 Å². The molecule has 0 bridgehead atoms. The number of anilines is 2. The number of aromatic nitrogens is 2. The van der Waals surface area contributed by atoms with Crippen LogP contribution in [-0.2, 0) is 17.8 Å². The summed E-state index contributed by atoms with van der Waals surface area (Å²) in [5.74, 6) is 1.22. The number of carbonyl (C=O) groups is 1. The van der Waals surface area contributed by atoms with Crippen LogP contribution in [0.5, 0.6) is 0 Å². The summed E-state index contributed by atoms with van der Waals surface area (Å²) < 4.78 is 5.31. The predicted octanol–water partition coefficient (Wildman–Crippen LogP) is 2.13. The van der Waals surface area contributed by atoms with E-state index in [4.69, 9.17) is 4.52 Å². The van der Waals surface area contributed by atoms with E-state index in [1.807, 2.05) is 31.2 Å². The van der Waals surface area contributed by atoms with Crippen LogP contribution in [-0.4, -0.2) is 34.7 Å². The van der Waals surface area contributed by atoms with E-state index in [9.17, 15) is 4.79 Å². The number of rotatable bonds is 3. The number of piperidine rings is 1. The molecule has 0 atom stereocenters. The molecule has 7 nitrogen and oxygen atoms in total. The smallest absolute Gasteiger partial charge is 0.253 e. The number of nitrogens with one attached hydrogen (secondary N) is 2. The Morgan fingerprint density at radius 3 is 2.76 bits per heavy atom. The van der Waals surface area contributed by atoms with E-state index in [-0.39, 0.29) is 18.3 Å². The van der Waals surface area contributed by atoms with Crippen LogP contribution in [0.1, 0.15) is 31.5 Å². The normalized spacial score (nSPS) is 18.4. The first kappa shape index (κ1) is 17.7. The fraction of sp³-hybridized carbons (Fsp3) is 0.471. The predicted molar refractivity (Wildman–Crippen MR) is 97.0 cm³/mol. The molecule has 0 aliphatic carbocycles. The van der Waals surface area contributed by atoms with Crippen LogP contribution in [0, 0.1) is 0 Å². The first-order chi connectivity index (χ1) is 11.7. The lowest BCUT2D eigenvalue weighted by Crippen LogP contribution is -2.61. The zero-order valence-electron chi connectivity index (χ0n) is 14.1. The van der Waals surface area contributed by atoms with Gasteiger partial charge in [-0.1, -0.05) is 24.2 Å². The summed E-state index contributed by atoms with van der Waals surface area (Å²) in [6.07, 6.45) is 2.24. The lowest BCUT2D eigenvalue weighted by atomic mass is 9.84. The van der Waals surface area contributed by atoms with Crippen molar-refractivity contribution < 1.29 is 9.32 Å². The Morgan fingerprint density at radius 2 is 2.04 bits per heavy atom. The number of halogens is 1. The van der Waals surface area contributed by atoms with Crippen LogP contribution >= 0.6 is 12.4 Å². The minimum atomic E-state index is -0.548. The van der Waals surface area contributed by atoms with Gasteiger partial charge >= 0.3 is 0 Å². The maximum absolute atomic E-state index is 13.3. The molecule has 1 aromatic heterocycles. The molecule has 1 amide bonds. The minimum absolute atomic E-state index is 0. The lowest BCUT2D eigenvalue weighted by molar-refractivity contribution is -0.124. The van der Waals surface area contributed by atoms with Gasteiger partial charge in [-0.25, -0.2) is 0 Å². The summed E-state index contributed by atoms with van der Waals surface area (Å²) in [6.45, 7) is 3.94. The van der Waals surface area contributed by atoms with Crippen molar-refractivity contribution in [2.75, 3.05) is 23.3 Å². The van der Waals surface area contributed by atoms with Gasteiger partial charge in [0, 0.05) is 6.42 Å². The average molecular weight is 364 g/mol. The Hall–Kier alpha value is -2.12. The van der Waals surface area contributed by atoms with Crippen molar-refractivity contribution in [3.63, 3.8) is 0 Å². The topological polar surface area (TPSA) is 83.3 Å². The van der Waals surface area contributed by atoms with E-state index in [0.29, 0.717) is 24.7 Å². The second-order valence-electron chi connectivity index (χ2n) is 6.32. The van der Waals surface area contributed by atoms with Crippen molar-refractivity contribution in [1.82, 2.24) is 15.5 Å². The molecule has 1 saturated heterocycles. The van der Waals surface area contributed by atoms with Crippen LogP contribution in [0.15, 0.2) is 28.8 Å². The molecule has 2 aliphatic heterocycles. The highest BCUT2D eigenvalue weighted by Gasteiger charge is 2.46. The molecule has 2 aliphatic rings. The first-order valence-electron chi connectivity index (χ1n) is 8.43. The van der Waals surface area contributed by atoms with E-state index in [1.165, 1.54) is 0 Å². The van der Waals surface area contributed by atoms with Crippen molar-refractivity contribution in [2.45, 2.75) is 38.3 Å². The maximum Gasteiger partial charge on any atom is 0.253 e. The summed E-state index contributed by atoms with van der Waals surface area (Å²) in [5, 5.41) is 10.8. The van der Waals surface area contributed by atoms with E-state index in [1.54, 1.807) is 4.90 Å². The maximum atomic E-state index is 13.3. The second-order valence-corrected chi connectivity index (χ2v) is 6.32. The number of carbonyl (C=O) groups excluding carboxylic acids is 1. The van der Waals surface area contributed by atoms with Gasteiger partial charge < -0.3 is 15.2 Å². The monoisotopic (exact) mass is 363 g/mol. The molecule has 1 aromatic carbocycles. The first-order valence-corrected chi connectivity index (χ1v) is 8.43. The number of fused-ring (bicyclic) bond motifs is 1. The number of amides is 1. The molecule has 1 spiro atoms. The van der Waals surface area contributed by atoms with Gasteiger partial charge in [-0.15, -0.1) is 12.4 Å². The molecule has 2 aromatic rings. The second kappa shape index (κ2) is 7.01. The van der Waals surface area contributed by atoms with Gasteiger partial charge in [0.05, 0.1) is 11.4 Å². The Balaban J connectivity index is 0.00000182.